The van der Waals surface area contributed by atoms with Crippen molar-refractivity contribution >= 4 is 22.8 Å². The Morgan fingerprint density at radius 1 is 1.52 bits per heavy atom. The fraction of sp³-hybridized carbons (Fsp3) is 0.500. The molecule has 1 aliphatic rings. The fourth-order valence-electron chi connectivity index (χ4n) is 3.23. The number of aromatic amines is 1. The predicted molar refractivity (Wildman–Crippen MR) is 86.2 cm³/mol. The predicted octanol–water partition coefficient (Wildman–Crippen LogP) is 3.09. The number of fused-ring (bicyclic) bond motifs is 1. The minimum Gasteiger partial charge on any atom is -0.380 e. The lowest BCUT2D eigenvalue weighted by molar-refractivity contribution is -0.258. The van der Waals surface area contributed by atoms with Crippen molar-refractivity contribution in [3.63, 3.8) is 0 Å². The first-order chi connectivity index (χ1) is 11.7. The summed E-state index contributed by atoms with van der Waals surface area (Å²) in [6, 6.07) is 1.33. The lowest BCUT2D eigenvalue weighted by atomic mass is 10.00. The van der Waals surface area contributed by atoms with Crippen LogP contribution in [0.4, 0.5) is 23.7 Å². The molecule has 0 radical (unpaired) electrons. The Balaban J connectivity index is 1.56. The summed E-state index contributed by atoms with van der Waals surface area (Å²) in [7, 11) is 0. The summed E-state index contributed by atoms with van der Waals surface area (Å²) in [5, 5.41) is 15.8. The van der Waals surface area contributed by atoms with Gasteiger partial charge in [0.1, 0.15) is 5.65 Å². The van der Waals surface area contributed by atoms with Crippen LogP contribution in [0.25, 0.3) is 11.0 Å². The van der Waals surface area contributed by atoms with Gasteiger partial charge < -0.3 is 20.7 Å². The molecule has 25 heavy (non-hydrogen) atoms. The number of hydrogen-bond acceptors (Lipinski definition) is 3. The molecule has 1 fully saturated rings. The molecule has 2 aromatic heterocycles. The van der Waals surface area contributed by atoms with Gasteiger partial charge in [0, 0.05) is 18.1 Å². The molecule has 0 saturated heterocycles. The smallest absolute Gasteiger partial charge is 0.380 e. The summed E-state index contributed by atoms with van der Waals surface area (Å²) in [5.74, 6) is -0.413. The van der Waals surface area contributed by atoms with Crippen LogP contribution in [0.5, 0.6) is 0 Å². The van der Waals surface area contributed by atoms with Crippen molar-refractivity contribution in [3.05, 3.63) is 24.0 Å². The Bertz CT molecular complexity index is 789. The molecule has 2 atom stereocenters. The van der Waals surface area contributed by atoms with Gasteiger partial charge in [-0.1, -0.05) is 0 Å². The molecule has 4 N–H and O–H groups in total. The van der Waals surface area contributed by atoms with E-state index in [1.807, 2.05) is 13.0 Å². The highest BCUT2D eigenvalue weighted by atomic mass is 19.4. The maximum Gasteiger partial charge on any atom is 0.417 e. The largest absolute Gasteiger partial charge is 0.417 e. The Morgan fingerprint density at radius 2 is 2.28 bits per heavy atom. The molecule has 0 aliphatic heterocycles. The Morgan fingerprint density at radius 3 is 2.96 bits per heavy atom. The number of aromatic nitrogens is 2. The second kappa shape index (κ2) is 6.21. The Hall–Kier alpha value is -2.29. The second-order valence-electron chi connectivity index (χ2n) is 6.51. The van der Waals surface area contributed by atoms with Crippen molar-refractivity contribution in [2.75, 3.05) is 11.9 Å². The number of nitrogens with one attached hydrogen (secondary N) is 3. The van der Waals surface area contributed by atoms with Crippen LogP contribution in [0.15, 0.2) is 18.5 Å². The van der Waals surface area contributed by atoms with E-state index in [1.165, 1.54) is 6.20 Å². The van der Waals surface area contributed by atoms with E-state index in [0.717, 1.165) is 10.9 Å². The molecule has 0 bridgehead atoms. The standard InChI is InChI=1S/C16H19F3N4O2/c1-9-11-3-5-20-13(11)21-8-12(9)23-14(24)22-7-10-2-4-15(25,6-10)16(17,18)19/h3,5,8,10,25H,2,4,6-7H2,1H3,(H,20,21)(H2,22,23,24). The molecular weight excluding hydrogens is 337 g/mol. The molecule has 2 heterocycles. The van der Waals surface area contributed by atoms with Crippen LogP contribution in [0.3, 0.4) is 0 Å². The minimum atomic E-state index is -4.64. The van der Waals surface area contributed by atoms with Gasteiger partial charge in [-0.05, 0) is 43.7 Å². The molecule has 6 nitrogen and oxygen atoms in total. The average molecular weight is 356 g/mol. The number of carbonyl (C=O) groups excluding carboxylic acids is 1. The number of aryl methyl sites for hydroxylation is 1. The number of hydrogen-bond donors (Lipinski definition) is 4. The lowest BCUT2D eigenvalue weighted by Gasteiger charge is -2.25. The van der Waals surface area contributed by atoms with Crippen molar-refractivity contribution in [2.24, 2.45) is 5.92 Å². The van der Waals surface area contributed by atoms with Crippen LogP contribution in [0.2, 0.25) is 0 Å². The van der Waals surface area contributed by atoms with Crippen molar-refractivity contribution in [1.29, 1.82) is 0 Å². The molecule has 2 amide bonds. The van der Waals surface area contributed by atoms with Crippen LogP contribution >= 0.6 is 0 Å². The number of nitrogens with zero attached hydrogens (tertiary/aromatic N) is 1. The average Bonchev–Trinajstić information content (AvgIpc) is 3.15. The number of pyridine rings is 1. The van der Waals surface area contributed by atoms with Crippen LogP contribution in [0, 0.1) is 12.8 Å². The summed E-state index contributed by atoms with van der Waals surface area (Å²) in [6.07, 6.45) is -1.89. The van der Waals surface area contributed by atoms with Gasteiger partial charge in [-0.2, -0.15) is 13.2 Å². The van der Waals surface area contributed by atoms with Gasteiger partial charge in [0.05, 0.1) is 11.9 Å². The first kappa shape index (κ1) is 17.5. The second-order valence-corrected chi connectivity index (χ2v) is 6.51. The molecule has 1 aliphatic carbocycles. The number of carbonyl (C=O) groups is 1. The lowest BCUT2D eigenvalue weighted by Crippen LogP contribution is -2.43. The number of urea groups is 1. The number of amides is 2. The van der Waals surface area contributed by atoms with Crippen LogP contribution in [-0.2, 0) is 0 Å². The van der Waals surface area contributed by atoms with E-state index in [1.54, 1.807) is 6.20 Å². The van der Waals surface area contributed by atoms with E-state index in [0.29, 0.717) is 11.3 Å². The molecule has 1 saturated carbocycles. The van der Waals surface area contributed by atoms with E-state index in [2.05, 4.69) is 20.6 Å². The van der Waals surface area contributed by atoms with Crippen LogP contribution < -0.4 is 10.6 Å². The third-order valence-corrected chi connectivity index (χ3v) is 4.78. The van der Waals surface area contributed by atoms with Gasteiger partial charge in [0.15, 0.2) is 5.60 Å². The third-order valence-electron chi connectivity index (χ3n) is 4.78. The first-order valence-electron chi connectivity index (χ1n) is 7.96. The summed E-state index contributed by atoms with van der Waals surface area (Å²) >= 11 is 0. The summed E-state index contributed by atoms with van der Waals surface area (Å²) in [6.45, 7) is 1.91. The number of halogens is 3. The van der Waals surface area contributed by atoms with Crippen molar-refractivity contribution in [3.8, 4) is 0 Å². The van der Waals surface area contributed by atoms with E-state index in [-0.39, 0.29) is 19.4 Å². The molecule has 2 aromatic rings. The monoisotopic (exact) mass is 356 g/mol. The van der Waals surface area contributed by atoms with E-state index < -0.39 is 30.1 Å². The van der Waals surface area contributed by atoms with Gasteiger partial charge >= 0.3 is 12.2 Å². The Kier molecular flexibility index (Phi) is 4.36. The highest BCUT2D eigenvalue weighted by Gasteiger charge is 2.57. The zero-order valence-electron chi connectivity index (χ0n) is 13.6. The van der Waals surface area contributed by atoms with Crippen LogP contribution in [-0.4, -0.2) is 39.4 Å². The SMILES string of the molecule is Cc1c(NC(=O)NCC2CCC(O)(C(F)(F)F)C2)cnc2[nH]ccc12. The summed E-state index contributed by atoms with van der Waals surface area (Å²) in [5.41, 5.74) is -0.562. The number of alkyl halides is 3. The summed E-state index contributed by atoms with van der Waals surface area (Å²) < 4.78 is 38.4. The number of anilines is 1. The quantitative estimate of drug-likeness (QED) is 0.681. The normalized spacial score (nSPS) is 23.8. The van der Waals surface area contributed by atoms with E-state index >= 15 is 0 Å². The van der Waals surface area contributed by atoms with Crippen LogP contribution in [0.1, 0.15) is 24.8 Å². The van der Waals surface area contributed by atoms with Gasteiger partial charge in [0.2, 0.25) is 0 Å². The molecule has 136 valence electrons. The molecule has 3 rings (SSSR count). The van der Waals surface area contributed by atoms with E-state index in [9.17, 15) is 23.1 Å². The minimum absolute atomic E-state index is 0.0725. The Labute approximate surface area is 141 Å². The van der Waals surface area contributed by atoms with Gasteiger partial charge in [-0.25, -0.2) is 9.78 Å². The molecule has 2 unspecified atom stereocenters. The maximum absolute atomic E-state index is 12.8. The number of rotatable bonds is 3. The molecule has 0 spiro atoms. The number of aliphatic hydroxyl groups is 1. The first-order valence-corrected chi connectivity index (χ1v) is 7.96. The molecule has 9 heteroatoms. The van der Waals surface area contributed by atoms with Gasteiger partial charge in [-0.3, -0.25) is 0 Å². The zero-order valence-corrected chi connectivity index (χ0v) is 13.6. The maximum atomic E-state index is 12.8. The van der Waals surface area contributed by atoms with Crippen molar-refractivity contribution < 1.29 is 23.1 Å². The topological polar surface area (TPSA) is 90.0 Å². The highest BCUT2D eigenvalue weighted by molar-refractivity contribution is 5.93. The van der Waals surface area contributed by atoms with Crippen molar-refractivity contribution in [1.82, 2.24) is 15.3 Å². The summed E-state index contributed by atoms with van der Waals surface area (Å²) in [4.78, 5) is 19.2. The number of H-pyrrole nitrogens is 1. The fourth-order valence-corrected chi connectivity index (χ4v) is 3.23. The van der Waals surface area contributed by atoms with Crippen molar-refractivity contribution in [2.45, 2.75) is 38.0 Å². The molecular formula is C16H19F3N4O2. The van der Waals surface area contributed by atoms with E-state index in [4.69, 9.17) is 0 Å². The zero-order chi connectivity index (χ0) is 18.2. The highest BCUT2D eigenvalue weighted by Crippen LogP contribution is 2.45. The van der Waals surface area contributed by atoms with Gasteiger partial charge in [0.25, 0.3) is 0 Å². The molecule has 0 aromatic carbocycles. The van der Waals surface area contributed by atoms with Gasteiger partial charge in [-0.15, -0.1) is 0 Å². The third kappa shape index (κ3) is 3.41.